The average Bonchev–Trinajstić information content (AvgIpc) is 2.69. The van der Waals surface area contributed by atoms with Gasteiger partial charge in [-0.2, -0.15) is 5.10 Å². The number of carbonyl (C=O) groups excluding carboxylic acids is 1. The van der Waals surface area contributed by atoms with Crippen molar-refractivity contribution in [2.45, 2.75) is 0 Å². The number of hydrogen-bond acceptors (Lipinski definition) is 5. The molecule has 2 N–H and O–H groups in total. The lowest BCUT2D eigenvalue weighted by Gasteiger charge is -2.29. The molecule has 0 spiro atoms. The van der Waals surface area contributed by atoms with Gasteiger partial charge in [-0.1, -0.05) is 18.2 Å². The van der Waals surface area contributed by atoms with Gasteiger partial charge in [0.15, 0.2) is 0 Å². The van der Waals surface area contributed by atoms with Gasteiger partial charge in [0.1, 0.15) is 5.75 Å². The highest BCUT2D eigenvalue weighted by molar-refractivity contribution is 5.91. The van der Waals surface area contributed by atoms with E-state index in [1.54, 1.807) is 25.5 Å². The lowest BCUT2D eigenvalue weighted by molar-refractivity contribution is 0.122. The molecule has 136 valence electrons. The van der Waals surface area contributed by atoms with Gasteiger partial charge in [0.05, 0.1) is 26.5 Å². The van der Waals surface area contributed by atoms with E-state index >= 15 is 0 Å². The van der Waals surface area contributed by atoms with Gasteiger partial charge >= 0.3 is 6.03 Å². The molecule has 0 aliphatic carbocycles. The monoisotopic (exact) mass is 354 g/mol. The Labute approximate surface area is 152 Å². The van der Waals surface area contributed by atoms with E-state index in [9.17, 15) is 4.79 Å². The van der Waals surface area contributed by atoms with Gasteiger partial charge in [-0.25, -0.2) is 10.2 Å². The number of rotatable bonds is 5. The molecule has 1 aliphatic rings. The number of benzene rings is 2. The fraction of sp³-hybridized carbons (Fsp3) is 0.263. The van der Waals surface area contributed by atoms with Crippen LogP contribution in [0.25, 0.3) is 0 Å². The molecule has 1 saturated heterocycles. The molecule has 7 heteroatoms. The van der Waals surface area contributed by atoms with Gasteiger partial charge in [-0.05, 0) is 24.3 Å². The summed E-state index contributed by atoms with van der Waals surface area (Å²) in [5, 5.41) is 6.68. The summed E-state index contributed by atoms with van der Waals surface area (Å²) in [7, 11) is 1.62. The number of carbonyl (C=O) groups is 1. The van der Waals surface area contributed by atoms with Gasteiger partial charge in [0.25, 0.3) is 0 Å². The molecular weight excluding hydrogens is 332 g/mol. The molecule has 0 atom stereocenters. The molecule has 0 bridgehead atoms. The van der Waals surface area contributed by atoms with E-state index in [4.69, 9.17) is 9.47 Å². The predicted octanol–water partition coefficient (Wildman–Crippen LogP) is 2.69. The van der Waals surface area contributed by atoms with Crippen molar-refractivity contribution in [2.24, 2.45) is 5.10 Å². The lowest BCUT2D eigenvalue weighted by Crippen LogP contribution is -2.36. The van der Waals surface area contributed by atoms with Crippen LogP contribution >= 0.6 is 0 Å². The summed E-state index contributed by atoms with van der Waals surface area (Å²) in [4.78, 5) is 14.1. The van der Waals surface area contributed by atoms with Crippen LogP contribution in [0.1, 0.15) is 5.56 Å². The van der Waals surface area contributed by atoms with E-state index < -0.39 is 6.03 Å². The van der Waals surface area contributed by atoms with Crippen molar-refractivity contribution < 1.29 is 14.3 Å². The number of morpholine rings is 1. The van der Waals surface area contributed by atoms with Crippen LogP contribution in [0.2, 0.25) is 0 Å². The molecule has 2 amide bonds. The van der Waals surface area contributed by atoms with Crippen LogP contribution in [-0.2, 0) is 4.74 Å². The summed E-state index contributed by atoms with van der Waals surface area (Å²) in [6.07, 6.45) is 1.56. The Morgan fingerprint density at radius 2 is 1.96 bits per heavy atom. The minimum absolute atomic E-state index is 0.406. The molecule has 1 aliphatic heterocycles. The number of ether oxygens (including phenoxy) is 2. The van der Waals surface area contributed by atoms with Crippen molar-refractivity contribution >= 4 is 23.6 Å². The molecule has 26 heavy (non-hydrogen) atoms. The van der Waals surface area contributed by atoms with Gasteiger partial charge in [-0.15, -0.1) is 0 Å². The first kappa shape index (κ1) is 17.8. The van der Waals surface area contributed by atoms with Crippen LogP contribution < -0.4 is 20.4 Å². The van der Waals surface area contributed by atoms with Crippen molar-refractivity contribution in [3.63, 3.8) is 0 Å². The van der Waals surface area contributed by atoms with E-state index in [0.29, 0.717) is 11.4 Å². The molecule has 0 radical (unpaired) electrons. The summed E-state index contributed by atoms with van der Waals surface area (Å²) in [6.45, 7) is 3.17. The van der Waals surface area contributed by atoms with Crippen LogP contribution in [0.4, 0.5) is 16.2 Å². The smallest absolute Gasteiger partial charge is 0.339 e. The summed E-state index contributed by atoms with van der Waals surface area (Å²) in [5.74, 6) is 0.697. The van der Waals surface area contributed by atoms with Crippen LogP contribution in [0.15, 0.2) is 53.6 Å². The molecule has 2 aromatic carbocycles. The molecule has 2 aromatic rings. The zero-order chi connectivity index (χ0) is 18.2. The van der Waals surface area contributed by atoms with Crippen molar-refractivity contribution in [3.05, 3.63) is 54.1 Å². The third-order valence-corrected chi connectivity index (χ3v) is 3.99. The van der Waals surface area contributed by atoms with Gasteiger partial charge in [0.2, 0.25) is 0 Å². The zero-order valence-corrected chi connectivity index (χ0v) is 14.6. The van der Waals surface area contributed by atoms with Crippen LogP contribution in [-0.4, -0.2) is 45.7 Å². The Balaban J connectivity index is 1.61. The number of hydrazone groups is 1. The highest BCUT2D eigenvalue weighted by Crippen LogP contribution is 2.25. The number of nitrogens with zero attached hydrogens (tertiary/aromatic N) is 2. The van der Waals surface area contributed by atoms with Gasteiger partial charge in [-0.3, -0.25) is 0 Å². The summed E-state index contributed by atoms with van der Waals surface area (Å²) in [5.41, 5.74) is 5.01. The Morgan fingerprint density at radius 3 is 2.69 bits per heavy atom. The van der Waals surface area contributed by atoms with Crippen molar-refractivity contribution in [1.29, 1.82) is 0 Å². The van der Waals surface area contributed by atoms with Crippen LogP contribution in [0.5, 0.6) is 5.75 Å². The topological polar surface area (TPSA) is 75.2 Å². The first-order chi connectivity index (χ1) is 12.8. The van der Waals surface area contributed by atoms with Gasteiger partial charge < -0.3 is 19.7 Å². The third-order valence-electron chi connectivity index (χ3n) is 3.99. The fourth-order valence-corrected chi connectivity index (χ4v) is 2.67. The Bertz CT molecular complexity index is 759. The quantitative estimate of drug-likeness (QED) is 0.639. The van der Waals surface area contributed by atoms with E-state index in [-0.39, 0.29) is 0 Å². The van der Waals surface area contributed by atoms with E-state index in [1.807, 2.05) is 36.4 Å². The highest BCUT2D eigenvalue weighted by Gasteiger charge is 2.13. The summed E-state index contributed by atoms with van der Waals surface area (Å²) >= 11 is 0. The Hall–Kier alpha value is -3.06. The number of hydrogen-bond donors (Lipinski definition) is 2. The van der Waals surface area contributed by atoms with E-state index in [2.05, 4.69) is 20.7 Å². The van der Waals surface area contributed by atoms with Gasteiger partial charge in [0, 0.05) is 36.1 Å². The number of para-hydroxylation sites is 1. The largest absolute Gasteiger partial charge is 0.496 e. The molecule has 1 fully saturated rings. The lowest BCUT2D eigenvalue weighted by atomic mass is 10.1. The molecule has 7 nitrogen and oxygen atoms in total. The number of urea groups is 1. The van der Waals surface area contributed by atoms with Crippen LogP contribution in [0, 0.1) is 0 Å². The SMILES string of the molecule is COc1cc(N2CCOCC2)ccc1/C=N/NC(=O)Nc1ccccc1. The maximum atomic E-state index is 11.8. The summed E-state index contributed by atoms with van der Waals surface area (Å²) in [6, 6.07) is 14.7. The molecule has 1 heterocycles. The van der Waals surface area contributed by atoms with Crippen LogP contribution in [0.3, 0.4) is 0 Å². The first-order valence-electron chi connectivity index (χ1n) is 8.42. The Kier molecular flexibility index (Phi) is 6.05. The van der Waals surface area contributed by atoms with E-state index in [0.717, 1.165) is 37.6 Å². The normalized spacial score (nSPS) is 14.3. The second kappa shape index (κ2) is 8.87. The maximum absolute atomic E-state index is 11.8. The minimum atomic E-state index is -0.406. The zero-order valence-electron chi connectivity index (χ0n) is 14.6. The molecule has 0 aromatic heterocycles. The Morgan fingerprint density at radius 1 is 1.19 bits per heavy atom. The molecule has 0 unspecified atom stereocenters. The fourth-order valence-electron chi connectivity index (χ4n) is 2.67. The van der Waals surface area contributed by atoms with Crippen molar-refractivity contribution in [2.75, 3.05) is 43.6 Å². The first-order valence-corrected chi connectivity index (χ1v) is 8.42. The standard InChI is InChI=1S/C19H22N4O3/c1-25-18-13-17(23-9-11-26-12-10-23)8-7-15(18)14-20-22-19(24)21-16-5-3-2-4-6-16/h2-8,13-14H,9-12H2,1H3,(H2,21,22,24)/b20-14+. The van der Waals surface area contributed by atoms with Crippen molar-refractivity contribution in [3.8, 4) is 5.75 Å². The number of nitrogens with one attached hydrogen (secondary N) is 2. The van der Waals surface area contributed by atoms with Crippen molar-refractivity contribution in [1.82, 2.24) is 5.43 Å². The second-order valence-corrected chi connectivity index (χ2v) is 5.72. The number of methoxy groups -OCH3 is 1. The summed E-state index contributed by atoms with van der Waals surface area (Å²) < 4.78 is 10.8. The molecule has 3 rings (SSSR count). The predicted molar refractivity (Wildman–Crippen MR) is 102 cm³/mol. The number of amides is 2. The second-order valence-electron chi connectivity index (χ2n) is 5.72. The average molecular weight is 354 g/mol. The third kappa shape index (κ3) is 4.73. The minimum Gasteiger partial charge on any atom is -0.496 e. The number of anilines is 2. The van der Waals surface area contributed by atoms with E-state index in [1.165, 1.54) is 0 Å². The molecule has 0 saturated carbocycles. The maximum Gasteiger partial charge on any atom is 0.339 e. The molecular formula is C19H22N4O3. The highest BCUT2D eigenvalue weighted by atomic mass is 16.5.